The van der Waals surface area contributed by atoms with Gasteiger partial charge in [0, 0.05) is 14.1 Å². The predicted octanol–water partition coefficient (Wildman–Crippen LogP) is 1.89. The van der Waals surface area contributed by atoms with E-state index < -0.39 is 0 Å². The highest BCUT2D eigenvalue weighted by Gasteiger charge is 2.04. The van der Waals surface area contributed by atoms with Crippen molar-refractivity contribution in [1.29, 1.82) is 0 Å². The van der Waals surface area contributed by atoms with Crippen LogP contribution in [0.2, 0.25) is 0 Å². The number of aromatic nitrogens is 2. The van der Waals surface area contributed by atoms with Gasteiger partial charge < -0.3 is 4.90 Å². The highest BCUT2D eigenvalue weighted by Crippen LogP contribution is 2.26. The second-order valence-corrected chi connectivity index (χ2v) is 4.76. The van der Waals surface area contributed by atoms with E-state index in [1.165, 1.54) is 11.8 Å². The van der Waals surface area contributed by atoms with Crippen molar-refractivity contribution < 1.29 is 0 Å². The van der Waals surface area contributed by atoms with Crippen molar-refractivity contribution in [2.75, 3.05) is 24.2 Å². The number of rotatable bonds is 3. The molecule has 1 aromatic heterocycles. The van der Waals surface area contributed by atoms with Gasteiger partial charge in [0.1, 0.15) is 0 Å². The molecule has 11 heavy (non-hydrogen) atoms. The predicted molar refractivity (Wildman–Crippen MR) is 50.8 cm³/mol. The second kappa shape index (κ2) is 4.13. The van der Waals surface area contributed by atoms with Crippen LogP contribution < -0.4 is 4.90 Å². The maximum Gasteiger partial charge on any atom is 0.208 e. The van der Waals surface area contributed by atoms with E-state index in [-0.39, 0.29) is 0 Å². The van der Waals surface area contributed by atoms with Crippen LogP contribution in [0.15, 0.2) is 4.34 Å². The molecule has 6 heteroatoms. The molecular formula is C5H8ClN3S2. The van der Waals surface area contributed by atoms with E-state index >= 15 is 0 Å². The molecule has 0 radical (unpaired) electrons. The van der Waals surface area contributed by atoms with Crippen LogP contribution in [0.3, 0.4) is 0 Å². The van der Waals surface area contributed by atoms with Gasteiger partial charge in [-0.3, -0.25) is 0 Å². The largest absolute Gasteiger partial charge is 0.353 e. The van der Waals surface area contributed by atoms with Gasteiger partial charge in [-0.15, -0.1) is 21.8 Å². The number of hydrogen-bond donors (Lipinski definition) is 0. The van der Waals surface area contributed by atoms with Crippen LogP contribution in [0.25, 0.3) is 0 Å². The summed E-state index contributed by atoms with van der Waals surface area (Å²) in [6.07, 6.45) is 0. The normalized spacial score (nSPS) is 10.1. The van der Waals surface area contributed by atoms with Gasteiger partial charge in [-0.05, 0) is 0 Å². The molecule has 0 saturated carbocycles. The molecular weight excluding hydrogens is 202 g/mol. The highest BCUT2D eigenvalue weighted by molar-refractivity contribution is 8.02. The van der Waals surface area contributed by atoms with Crippen molar-refractivity contribution in [2.24, 2.45) is 0 Å². The first-order valence-electron chi connectivity index (χ1n) is 2.93. The van der Waals surface area contributed by atoms with Crippen LogP contribution in [-0.4, -0.2) is 29.5 Å². The topological polar surface area (TPSA) is 29.0 Å². The summed E-state index contributed by atoms with van der Waals surface area (Å²) in [6, 6.07) is 0. The van der Waals surface area contributed by atoms with E-state index in [1.807, 2.05) is 19.0 Å². The lowest BCUT2D eigenvalue weighted by molar-refractivity contribution is 0.973. The minimum absolute atomic E-state index is 0.530. The minimum Gasteiger partial charge on any atom is -0.353 e. The van der Waals surface area contributed by atoms with Gasteiger partial charge in [-0.25, -0.2) is 0 Å². The van der Waals surface area contributed by atoms with Crippen LogP contribution in [-0.2, 0) is 0 Å². The maximum absolute atomic E-state index is 5.51. The van der Waals surface area contributed by atoms with Crippen molar-refractivity contribution in [3.63, 3.8) is 0 Å². The Hall–Kier alpha value is -0.0000000000000000278. The Labute approximate surface area is 78.8 Å². The molecule has 0 fully saturated rings. The van der Waals surface area contributed by atoms with Crippen LogP contribution in [0.4, 0.5) is 5.13 Å². The molecule has 0 N–H and O–H groups in total. The third-order valence-corrected chi connectivity index (χ3v) is 3.21. The molecule has 0 aliphatic heterocycles. The summed E-state index contributed by atoms with van der Waals surface area (Å²) >= 11 is 8.56. The van der Waals surface area contributed by atoms with Crippen LogP contribution in [0.5, 0.6) is 0 Å². The summed E-state index contributed by atoms with van der Waals surface area (Å²) in [6.45, 7) is 0. The maximum atomic E-state index is 5.51. The molecule has 0 unspecified atom stereocenters. The summed E-state index contributed by atoms with van der Waals surface area (Å²) in [7, 11) is 3.88. The molecule has 0 aliphatic rings. The van der Waals surface area contributed by atoms with Crippen LogP contribution >= 0.6 is 34.7 Å². The van der Waals surface area contributed by atoms with Gasteiger partial charge in [0.15, 0.2) is 4.34 Å². The molecule has 0 aliphatic carbocycles. The van der Waals surface area contributed by atoms with E-state index in [9.17, 15) is 0 Å². The Kier molecular flexibility index (Phi) is 3.42. The molecule has 0 amide bonds. The molecule has 62 valence electrons. The number of nitrogens with zero attached hydrogens (tertiary/aromatic N) is 3. The zero-order valence-electron chi connectivity index (χ0n) is 6.24. The molecule has 1 aromatic rings. The Morgan fingerprint density at radius 2 is 2.27 bits per heavy atom. The van der Waals surface area contributed by atoms with E-state index in [1.54, 1.807) is 11.3 Å². The molecule has 0 bridgehead atoms. The summed E-state index contributed by atoms with van der Waals surface area (Å²) < 4.78 is 0.920. The molecule has 0 saturated heterocycles. The van der Waals surface area contributed by atoms with Gasteiger partial charge in [0.05, 0.1) is 5.21 Å². The molecule has 1 rings (SSSR count). The summed E-state index contributed by atoms with van der Waals surface area (Å²) in [4.78, 5) is 1.93. The first-order valence-corrected chi connectivity index (χ1v) is 5.27. The van der Waals surface area contributed by atoms with Gasteiger partial charge in [-0.2, -0.15) is 0 Å². The van der Waals surface area contributed by atoms with Gasteiger partial charge in [0.2, 0.25) is 5.13 Å². The highest BCUT2D eigenvalue weighted by atomic mass is 35.5. The third-order valence-electron chi connectivity index (χ3n) is 0.956. The Morgan fingerprint density at radius 3 is 2.73 bits per heavy atom. The lowest BCUT2D eigenvalue weighted by atomic mass is 10.9. The lowest BCUT2D eigenvalue weighted by Gasteiger charge is -2.03. The number of anilines is 1. The SMILES string of the molecule is CN(C)c1nnc(SCCl)s1. The fraction of sp³-hybridized carbons (Fsp3) is 0.600. The average molecular weight is 210 g/mol. The van der Waals surface area contributed by atoms with Crippen LogP contribution in [0, 0.1) is 0 Å². The van der Waals surface area contributed by atoms with Crippen LogP contribution in [0.1, 0.15) is 0 Å². The summed E-state index contributed by atoms with van der Waals surface area (Å²) in [5.41, 5.74) is 0. The fourth-order valence-corrected chi connectivity index (χ4v) is 2.32. The number of thioether (sulfide) groups is 1. The molecule has 0 spiro atoms. The third kappa shape index (κ3) is 2.50. The first-order chi connectivity index (χ1) is 5.24. The zero-order chi connectivity index (χ0) is 8.27. The van der Waals surface area contributed by atoms with Crippen molar-refractivity contribution in [3.8, 4) is 0 Å². The van der Waals surface area contributed by atoms with Crippen molar-refractivity contribution in [1.82, 2.24) is 10.2 Å². The first kappa shape index (κ1) is 9.09. The summed E-state index contributed by atoms with van der Waals surface area (Å²) in [5, 5.41) is 9.33. The molecule has 1 heterocycles. The quantitative estimate of drug-likeness (QED) is 0.562. The van der Waals surface area contributed by atoms with E-state index in [0.717, 1.165) is 9.47 Å². The Morgan fingerprint density at radius 1 is 1.55 bits per heavy atom. The van der Waals surface area contributed by atoms with E-state index in [2.05, 4.69) is 10.2 Å². The molecule has 0 aromatic carbocycles. The average Bonchev–Trinajstić information content (AvgIpc) is 2.37. The molecule has 0 atom stereocenters. The molecule has 3 nitrogen and oxygen atoms in total. The Balaban J connectivity index is 2.66. The fourth-order valence-electron chi connectivity index (χ4n) is 0.488. The second-order valence-electron chi connectivity index (χ2n) is 2.00. The standard InChI is InChI=1S/C5H8ClN3S2/c1-9(2)4-7-8-5(11-4)10-3-6/h3H2,1-2H3. The van der Waals surface area contributed by atoms with Gasteiger partial charge in [-0.1, -0.05) is 23.1 Å². The number of halogens is 1. The number of alkyl halides is 1. The van der Waals surface area contributed by atoms with Crippen molar-refractivity contribution >= 4 is 39.8 Å². The lowest BCUT2D eigenvalue weighted by Crippen LogP contribution is -2.07. The van der Waals surface area contributed by atoms with E-state index in [0.29, 0.717) is 5.21 Å². The van der Waals surface area contributed by atoms with Gasteiger partial charge >= 0.3 is 0 Å². The number of hydrogen-bond acceptors (Lipinski definition) is 5. The van der Waals surface area contributed by atoms with Crippen molar-refractivity contribution in [2.45, 2.75) is 4.34 Å². The smallest absolute Gasteiger partial charge is 0.208 e. The monoisotopic (exact) mass is 209 g/mol. The minimum atomic E-state index is 0.530. The van der Waals surface area contributed by atoms with Crippen molar-refractivity contribution in [3.05, 3.63) is 0 Å². The Bertz CT molecular complexity index is 225. The van der Waals surface area contributed by atoms with E-state index in [4.69, 9.17) is 11.6 Å². The zero-order valence-corrected chi connectivity index (χ0v) is 8.63. The summed E-state index contributed by atoms with van der Waals surface area (Å²) in [5.74, 6) is 0. The van der Waals surface area contributed by atoms with Gasteiger partial charge in [0.25, 0.3) is 0 Å².